The molecule has 1 saturated carbocycles. The average molecular weight is 312 g/mol. The molecule has 3 unspecified atom stereocenters. The molecule has 0 spiro atoms. The van der Waals surface area contributed by atoms with Crippen LogP contribution in [0.2, 0.25) is 0 Å². The highest BCUT2D eigenvalue weighted by Gasteiger charge is 2.38. The van der Waals surface area contributed by atoms with Crippen LogP contribution in [0.5, 0.6) is 0 Å². The van der Waals surface area contributed by atoms with Gasteiger partial charge in [0.25, 0.3) is 5.91 Å². The van der Waals surface area contributed by atoms with Crippen LogP contribution >= 0.6 is 11.8 Å². The lowest BCUT2D eigenvalue weighted by molar-refractivity contribution is -0.158. The zero-order chi connectivity index (χ0) is 14.8. The summed E-state index contributed by atoms with van der Waals surface area (Å²) in [5.41, 5.74) is 0. The Hall–Kier alpha value is -1.08. The first-order valence-electron chi connectivity index (χ1n) is 7.50. The Morgan fingerprint density at radius 1 is 1.38 bits per heavy atom. The second-order valence-corrected chi connectivity index (χ2v) is 7.05. The largest absolute Gasteiger partial charge is 0.455 e. The molecule has 1 aliphatic carbocycles. The van der Waals surface area contributed by atoms with E-state index in [1.165, 1.54) is 4.90 Å². The minimum Gasteiger partial charge on any atom is -0.455 e. The fraction of sp³-hybridized carbons (Fsp3) is 0.786. The van der Waals surface area contributed by atoms with Crippen molar-refractivity contribution in [1.82, 2.24) is 10.2 Å². The standard InChI is InChI=1S/C14H20N2O4S/c17-12-2-1-5-16(12)13(18)7-20-14(19)9-3-4-10-11(6-9)21-8-15-10/h9-11,15H,1-8H2. The van der Waals surface area contributed by atoms with Gasteiger partial charge in [-0.3, -0.25) is 19.3 Å². The number of fused-ring (bicyclic) bond motifs is 1. The molecule has 6 nitrogen and oxygen atoms in total. The number of hydrogen-bond donors (Lipinski definition) is 1. The summed E-state index contributed by atoms with van der Waals surface area (Å²) >= 11 is 1.85. The van der Waals surface area contributed by atoms with E-state index in [4.69, 9.17) is 4.74 Å². The van der Waals surface area contributed by atoms with Gasteiger partial charge in [0.05, 0.1) is 5.92 Å². The Morgan fingerprint density at radius 3 is 3.00 bits per heavy atom. The van der Waals surface area contributed by atoms with Crippen LogP contribution in [0.1, 0.15) is 32.1 Å². The molecule has 0 aromatic heterocycles. The number of rotatable bonds is 3. The summed E-state index contributed by atoms with van der Waals surface area (Å²) in [5.74, 6) is -0.00441. The molecule has 3 aliphatic rings. The van der Waals surface area contributed by atoms with Crippen molar-refractivity contribution in [2.75, 3.05) is 19.0 Å². The number of imide groups is 1. The van der Waals surface area contributed by atoms with Gasteiger partial charge in [-0.05, 0) is 25.7 Å². The number of carbonyl (C=O) groups excluding carboxylic acids is 3. The Morgan fingerprint density at radius 2 is 2.24 bits per heavy atom. The van der Waals surface area contributed by atoms with Gasteiger partial charge < -0.3 is 10.1 Å². The Bertz CT molecular complexity index is 456. The maximum atomic E-state index is 12.1. The number of likely N-dealkylation sites (tertiary alicyclic amines) is 1. The number of nitrogens with one attached hydrogen (secondary N) is 1. The number of amides is 2. The summed E-state index contributed by atoms with van der Waals surface area (Å²) in [6.45, 7) is 0.144. The van der Waals surface area contributed by atoms with Crippen molar-refractivity contribution in [3.63, 3.8) is 0 Å². The molecule has 116 valence electrons. The molecular formula is C14H20N2O4S. The molecule has 0 aromatic rings. The molecule has 2 saturated heterocycles. The summed E-state index contributed by atoms with van der Waals surface area (Å²) in [6.07, 6.45) is 3.72. The van der Waals surface area contributed by atoms with E-state index in [1.807, 2.05) is 11.8 Å². The van der Waals surface area contributed by atoms with Crippen molar-refractivity contribution in [1.29, 1.82) is 0 Å². The van der Waals surface area contributed by atoms with Crippen molar-refractivity contribution in [2.45, 2.75) is 43.4 Å². The SMILES string of the molecule is O=C(OCC(=O)N1CCCC1=O)C1CCC2NCSC2C1. The normalized spacial score (nSPS) is 32.1. The molecule has 2 amide bonds. The monoisotopic (exact) mass is 312 g/mol. The smallest absolute Gasteiger partial charge is 0.309 e. The third-order valence-corrected chi connectivity index (χ3v) is 5.76. The second kappa shape index (κ2) is 6.36. The van der Waals surface area contributed by atoms with Gasteiger partial charge in [-0.25, -0.2) is 0 Å². The maximum absolute atomic E-state index is 12.1. The van der Waals surface area contributed by atoms with Gasteiger partial charge in [0.1, 0.15) is 0 Å². The van der Waals surface area contributed by atoms with Crippen LogP contribution < -0.4 is 5.32 Å². The molecule has 0 bridgehead atoms. The Balaban J connectivity index is 1.46. The van der Waals surface area contributed by atoms with E-state index < -0.39 is 5.91 Å². The first-order chi connectivity index (χ1) is 10.1. The molecule has 0 radical (unpaired) electrons. The van der Waals surface area contributed by atoms with Gasteiger partial charge >= 0.3 is 5.97 Å². The van der Waals surface area contributed by atoms with Crippen molar-refractivity contribution in [3.05, 3.63) is 0 Å². The predicted molar refractivity (Wildman–Crippen MR) is 77.4 cm³/mol. The first kappa shape index (κ1) is 14.8. The van der Waals surface area contributed by atoms with Crippen LogP contribution in [0.3, 0.4) is 0 Å². The number of hydrogen-bond acceptors (Lipinski definition) is 6. The molecule has 2 heterocycles. The van der Waals surface area contributed by atoms with E-state index in [0.717, 1.165) is 25.1 Å². The Kier molecular flexibility index (Phi) is 4.49. The summed E-state index contributed by atoms with van der Waals surface area (Å²) in [4.78, 5) is 36.6. The Labute approximate surface area is 127 Å². The highest BCUT2D eigenvalue weighted by molar-refractivity contribution is 8.00. The van der Waals surface area contributed by atoms with Gasteiger partial charge in [-0.2, -0.15) is 0 Å². The van der Waals surface area contributed by atoms with Crippen LogP contribution in [0.25, 0.3) is 0 Å². The fourth-order valence-corrected chi connectivity index (χ4v) is 4.62. The molecular weight excluding hydrogens is 292 g/mol. The maximum Gasteiger partial charge on any atom is 0.309 e. The topological polar surface area (TPSA) is 75.7 Å². The lowest BCUT2D eigenvalue weighted by atomic mass is 9.86. The summed E-state index contributed by atoms with van der Waals surface area (Å²) in [5, 5.41) is 3.90. The number of esters is 1. The molecule has 21 heavy (non-hydrogen) atoms. The molecule has 3 fully saturated rings. The van der Waals surface area contributed by atoms with E-state index in [1.54, 1.807) is 0 Å². The molecule has 3 atom stereocenters. The first-order valence-corrected chi connectivity index (χ1v) is 8.55. The number of thioether (sulfide) groups is 1. The predicted octanol–water partition coefficient (Wildman–Crippen LogP) is 0.510. The van der Waals surface area contributed by atoms with Crippen molar-refractivity contribution >= 4 is 29.5 Å². The summed E-state index contributed by atoms with van der Waals surface area (Å²) in [6, 6.07) is 0.517. The van der Waals surface area contributed by atoms with Crippen LogP contribution in [-0.4, -0.2) is 53.0 Å². The fourth-order valence-electron chi connectivity index (χ4n) is 3.26. The lowest BCUT2D eigenvalue weighted by Gasteiger charge is -2.29. The number of ether oxygens (including phenoxy) is 1. The molecule has 0 aromatic carbocycles. The molecule has 1 N–H and O–H groups in total. The van der Waals surface area contributed by atoms with Crippen molar-refractivity contribution in [3.8, 4) is 0 Å². The van der Waals surface area contributed by atoms with Gasteiger partial charge in [-0.1, -0.05) is 0 Å². The van der Waals surface area contributed by atoms with Crippen LogP contribution in [0.15, 0.2) is 0 Å². The van der Waals surface area contributed by atoms with Gasteiger partial charge in [0, 0.05) is 30.1 Å². The van der Waals surface area contributed by atoms with E-state index in [9.17, 15) is 14.4 Å². The van der Waals surface area contributed by atoms with Crippen LogP contribution in [-0.2, 0) is 19.1 Å². The van der Waals surface area contributed by atoms with Crippen molar-refractivity contribution in [2.24, 2.45) is 5.92 Å². The highest BCUT2D eigenvalue weighted by Crippen LogP contribution is 2.36. The summed E-state index contributed by atoms with van der Waals surface area (Å²) in [7, 11) is 0. The minimum absolute atomic E-state index is 0.110. The molecule has 7 heteroatoms. The average Bonchev–Trinajstić information content (AvgIpc) is 3.11. The van der Waals surface area contributed by atoms with Crippen LogP contribution in [0.4, 0.5) is 0 Å². The number of carbonyl (C=O) groups is 3. The zero-order valence-electron chi connectivity index (χ0n) is 11.9. The van der Waals surface area contributed by atoms with Crippen LogP contribution in [0, 0.1) is 5.92 Å². The van der Waals surface area contributed by atoms with Gasteiger partial charge in [0.15, 0.2) is 6.61 Å². The van der Waals surface area contributed by atoms with E-state index in [-0.39, 0.29) is 24.4 Å². The van der Waals surface area contributed by atoms with Crippen molar-refractivity contribution < 1.29 is 19.1 Å². The van der Waals surface area contributed by atoms with Gasteiger partial charge in [0.2, 0.25) is 5.91 Å². The molecule has 2 aliphatic heterocycles. The third kappa shape index (κ3) is 3.23. The summed E-state index contributed by atoms with van der Waals surface area (Å²) < 4.78 is 5.14. The number of nitrogens with zero attached hydrogens (tertiary/aromatic N) is 1. The second-order valence-electron chi connectivity index (χ2n) is 5.82. The van der Waals surface area contributed by atoms with E-state index in [2.05, 4.69) is 5.32 Å². The third-order valence-electron chi connectivity index (χ3n) is 4.48. The molecule has 3 rings (SSSR count). The van der Waals surface area contributed by atoms with E-state index in [0.29, 0.717) is 30.7 Å². The minimum atomic E-state index is -0.392. The quantitative estimate of drug-likeness (QED) is 0.765. The van der Waals surface area contributed by atoms with E-state index >= 15 is 0 Å². The zero-order valence-corrected chi connectivity index (χ0v) is 12.7. The van der Waals surface area contributed by atoms with Gasteiger partial charge in [-0.15, -0.1) is 11.8 Å². The highest BCUT2D eigenvalue weighted by atomic mass is 32.2. The lowest BCUT2D eigenvalue weighted by Crippen LogP contribution is -2.39.